The van der Waals surface area contributed by atoms with Crippen LogP contribution in [-0.4, -0.2) is 17.6 Å². The quantitative estimate of drug-likeness (QED) is 0.728. The van der Waals surface area contributed by atoms with Crippen molar-refractivity contribution in [1.82, 2.24) is 4.98 Å². The van der Waals surface area contributed by atoms with E-state index >= 15 is 0 Å². The van der Waals surface area contributed by atoms with Gasteiger partial charge in [0.05, 0.1) is 10.7 Å². The predicted octanol–water partition coefficient (Wildman–Crippen LogP) is 3.13. The molecule has 16 heavy (non-hydrogen) atoms. The van der Waals surface area contributed by atoms with E-state index in [-0.39, 0.29) is 0 Å². The number of nitrogens with zero attached hydrogens (tertiary/aromatic N) is 1. The van der Waals surface area contributed by atoms with E-state index < -0.39 is 0 Å². The van der Waals surface area contributed by atoms with E-state index in [0.717, 1.165) is 18.1 Å². The largest absolute Gasteiger partial charge is 0.381 e. The number of fused-ring (bicyclic) bond motifs is 2. The number of anilines is 2. The Kier molecular flexibility index (Phi) is 2.25. The first-order chi connectivity index (χ1) is 7.67. The smallest absolute Gasteiger partial charge is 0.149 e. The summed E-state index contributed by atoms with van der Waals surface area (Å²) in [7, 11) is 0. The molecular formula is C12H16ClN3. The maximum Gasteiger partial charge on any atom is 0.149 e. The van der Waals surface area contributed by atoms with Crippen LogP contribution < -0.4 is 10.6 Å². The highest BCUT2D eigenvalue weighted by Crippen LogP contribution is 2.42. The fourth-order valence-electron chi connectivity index (χ4n) is 2.84. The molecule has 0 amide bonds. The third-order valence-corrected chi connectivity index (χ3v) is 4.14. The minimum atomic E-state index is 0.340. The van der Waals surface area contributed by atoms with Crippen LogP contribution in [0.5, 0.6) is 0 Å². The average molecular weight is 238 g/mol. The molecule has 2 heterocycles. The van der Waals surface area contributed by atoms with Gasteiger partial charge in [0, 0.05) is 24.2 Å². The van der Waals surface area contributed by atoms with Gasteiger partial charge in [0.25, 0.3) is 0 Å². The standard InChI is InChI=1S/C12H16ClN3/c1-12-4-2-3-10(12)16-11-9(15-7-12)5-8(13)6-14-11/h5-6,10,15H,2-4,7H2,1H3,(H,14,16). The van der Waals surface area contributed by atoms with Crippen LogP contribution in [0.3, 0.4) is 0 Å². The van der Waals surface area contributed by atoms with Gasteiger partial charge in [-0.15, -0.1) is 0 Å². The summed E-state index contributed by atoms with van der Waals surface area (Å²) < 4.78 is 0. The maximum atomic E-state index is 5.95. The zero-order valence-corrected chi connectivity index (χ0v) is 10.1. The Morgan fingerprint density at radius 3 is 3.31 bits per heavy atom. The Hall–Kier alpha value is -0.960. The van der Waals surface area contributed by atoms with Crippen molar-refractivity contribution in [3.63, 3.8) is 0 Å². The Bertz CT molecular complexity index is 421. The number of rotatable bonds is 0. The van der Waals surface area contributed by atoms with E-state index in [9.17, 15) is 0 Å². The lowest BCUT2D eigenvalue weighted by molar-refractivity contribution is 0.335. The number of hydrogen-bond donors (Lipinski definition) is 2. The minimum absolute atomic E-state index is 0.340. The van der Waals surface area contributed by atoms with Gasteiger partial charge in [-0.1, -0.05) is 24.9 Å². The third kappa shape index (κ3) is 1.54. The van der Waals surface area contributed by atoms with Crippen molar-refractivity contribution in [1.29, 1.82) is 0 Å². The van der Waals surface area contributed by atoms with E-state index in [1.807, 2.05) is 6.07 Å². The molecule has 86 valence electrons. The molecule has 2 N–H and O–H groups in total. The normalized spacial score (nSPS) is 32.0. The summed E-state index contributed by atoms with van der Waals surface area (Å²) >= 11 is 5.95. The van der Waals surface area contributed by atoms with Crippen molar-refractivity contribution in [2.75, 3.05) is 17.2 Å². The molecule has 2 aliphatic rings. The Balaban J connectivity index is 1.97. The lowest BCUT2D eigenvalue weighted by atomic mass is 9.85. The van der Waals surface area contributed by atoms with Gasteiger partial charge in [0.2, 0.25) is 0 Å². The van der Waals surface area contributed by atoms with Crippen LogP contribution in [0.1, 0.15) is 26.2 Å². The van der Waals surface area contributed by atoms with Gasteiger partial charge in [-0.25, -0.2) is 4.98 Å². The molecule has 0 saturated heterocycles. The average Bonchev–Trinajstić information content (AvgIpc) is 2.55. The molecule has 4 heteroatoms. The monoisotopic (exact) mass is 237 g/mol. The summed E-state index contributed by atoms with van der Waals surface area (Å²) in [6, 6.07) is 2.48. The van der Waals surface area contributed by atoms with Crippen LogP contribution in [0.2, 0.25) is 5.02 Å². The molecule has 2 unspecified atom stereocenters. The molecule has 0 radical (unpaired) electrons. The molecule has 0 bridgehead atoms. The minimum Gasteiger partial charge on any atom is -0.381 e. The highest BCUT2D eigenvalue weighted by atomic mass is 35.5. The molecule has 0 spiro atoms. The molecule has 3 nitrogen and oxygen atoms in total. The highest BCUT2D eigenvalue weighted by Gasteiger charge is 2.40. The molecule has 1 aromatic heterocycles. The number of halogens is 1. The summed E-state index contributed by atoms with van der Waals surface area (Å²) in [6.07, 6.45) is 5.52. The first kappa shape index (κ1) is 10.2. The molecule has 1 aromatic rings. The summed E-state index contributed by atoms with van der Waals surface area (Å²) in [6.45, 7) is 3.35. The Morgan fingerprint density at radius 2 is 2.44 bits per heavy atom. The van der Waals surface area contributed by atoms with Crippen molar-refractivity contribution in [2.45, 2.75) is 32.2 Å². The number of nitrogens with one attached hydrogen (secondary N) is 2. The van der Waals surface area contributed by atoms with Crippen LogP contribution >= 0.6 is 11.6 Å². The van der Waals surface area contributed by atoms with Crippen LogP contribution in [0.4, 0.5) is 11.5 Å². The van der Waals surface area contributed by atoms with Gasteiger partial charge in [0.15, 0.2) is 0 Å². The lowest BCUT2D eigenvalue weighted by Gasteiger charge is -2.29. The zero-order chi connectivity index (χ0) is 11.2. The van der Waals surface area contributed by atoms with Gasteiger partial charge in [-0.3, -0.25) is 0 Å². The predicted molar refractivity (Wildman–Crippen MR) is 67.1 cm³/mol. The van der Waals surface area contributed by atoms with Crippen molar-refractivity contribution in [3.05, 3.63) is 17.3 Å². The van der Waals surface area contributed by atoms with E-state index in [2.05, 4.69) is 22.5 Å². The van der Waals surface area contributed by atoms with Crippen LogP contribution in [0.25, 0.3) is 0 Å². The van der Waals surface area contributed by atoms with Gasteiger partial charge in [-0.2, -0.15) is 0 Å². The summed E-state index contributed by atoms with van der Waals surface area (Å²) in [4.78, 5) is 4.36. The molecule has 1 fully saturated rings. The topological polar surface area (TPSA) is 37.0 Å². The highest BCUT2D eigenvalue weighted by molar-refractivity contribution is 6.30. The first-order valence-corrected chi connectivity index (χ1v) is 6.21. The van der Waals surface area contributed by atoms with E-state index in [0.29, 0.717) is 16.5 Å². The second-order valence-corrected chi connectivity index (χ2v) is 5.58. The van der Waals surface area contributed by atoms with Crippen molar-refractivity contribution in [2.24, 2.45) is 5.41 Å². The number of pyridine rings is 1. The Labute approximate surface area is 101 Å². The second kappa shape index (κ2) is 3.52. The van der Waals surface area contributed by atoms with Gasteiger partial charge in [-0.05, 0) is 18.9 Å². The van der Waals surface area contributed by atoms with Gasteiger partial charge in [0.1, 0.15) is 5.82 Å². The first-order valence-electron chi connectivity index (χ1n) is 5.83. The van der Waals surface area contributed by atoms with Crippen molar-refractivity contribution in [3.8, 4) is 0 Å². The molecule has 3 rings (SSSR count). The number of aromatic nitrogens is 1. The van der Waals surface area contributed by atoms with Crippen LogP contribution in [0, 0.1) is 5.41 Å². The lowest BCUT2D eigenvalue weighted by Crippen LogP contribution is -2.36. The Morgan fingerprint density at radius 1 is 1.56 bits per heavy atom. The second-order valence-electron chi connectivity index (χ2n) is 5.15. The van der Waals surface area contributed by atoms with Crippen LogP contribution in [-0.2, 0) is 0 Å². The molecule has 0 aromatic carbocycles. The van der Waals surface area contributed by atoms with Gasteiger partial charge >= 0.3 is 0 Å². The van der Waals surface area contributed by atoms with Crippen molar-refractivity contribution >= 4 is 23.1 Å². The van der Waals surface area contributed by atoms with E-state index in [1.54, 1.807) is 6.20 Å². The van der Waals surface area contributed by atoms with Crippen molar-refractivity contribution < 1.29 is 0 Å². The fraction of sp³-hybridized carbons (Fsp3) is 0.583. The summed E-state index contributed by atoms with van der Waals surface area (Å²) in [5.74, 6) is 0.944. The SMILES string of the molecule is CC12CCCC1Nc1ncc(Cl)cc1NC2. The fourth-order valence-corrected chi connectivity index (χ4v) is 3.00. The molecule has 2 atom stereocenters. The molecule has 1 aliphatic carbocycles. The van der Waals surface area contributed by atoms with E-state index in [1.165, 1.54) is 19.3 Å². The third-order valence-electron chi connectivity index (χ3n) is 3.93. The number of hydrogen-bond acceptors (Lipinski definition) is 3. The van der Waals surface area contributed by atoms with E-state index in [4.69, 9.17) is 11.6 Å². The molecule has 1 aliphatic heterocycles. The maximum absolute atomic E-state index is 5.95. The summed E-state index contributed by atoms with van der Waals surface area (Å²) in [5.41, 5.74) is 1.37. The van der Waals surface area contributed by atoms with Gasteiger partial charge < -0.3 is 10.6 Å². The summed E-state index contributed by atoms with van der Waals surface area (Å²) in [5, 5.41) is 7.71. The molecule has 1 saturated carbocycles. The zero-order valence-electron chi connectivity index (χ0n) is 9.39. The molecular weight excluding hydrogens is 222 g/mol. The van der Waals surface area contributed by atoms with Crippen LogP contribution in [0.15, 0.2) is 12.3 Å².